The molecular formula is C22H35NO6S. The number of likely N-dealkylation sites (N-methyl/N-ethyl adjacent to an activating group) is 1. The largest absolute Gasteiger partial charge is 0.496 e. The fourth-order valence-corrected chi connectivity index (χ4v) is 3.57. The molecule has 7 nitrogen and oxygen atoms in total. The van der Waals surface area contributed by atoms with Crippen LogP contribution < -0.4 is 14.8 Å². The van der Waals surface area contributed by atoms with E-state index in [1.807, 2.05) is 18.8 Å². The Labute approximate surface area is 183 Å². The Hall–Kier alpha value is -2.19. The molecule has 3 N–H and O–H groups in total. The maximum absolute atomic E-state index is 9.55. The molecule has 170 valence electrons. The van der Waals surface area contributed by atoms with Crippen LogP contribution in [0.1, 0.15) is 44.6 Å². The summed E-state index contributed by atoms with van der Waals surface area (Å²) in [6.07, 6.45) is 8.63. The molecule has 0 amide bonds. The molecule has 0 aliphatic heterocycles. The van der Waals surface area contributed by atoms with E-state index in [1.165, 1.54) is 42.6 Å². The molecule has 0 radical (unpaired) electrons. The molecule has 1 aromatic carbocycles. The van der Waals surface area contributed by atoms with Gasteiger partial charge in [0, 0.05) is 12.2 Å². The number of rotatable bonds is 14. The van der Waals surface area contributed by atoms with E-state index < -0.39 is 11.9 Å². The molecule has 0 saturated carbocycles. The van der Waals surface area contributed by atoms with Gasteiger partial charge in [0.05, 0.1) is 19.1 Å². The number of carbonyl (C=O) groups is 2. The van der Waals surface area contributed by atoms with Crippen molar-refractivity contribution in [3.8, 4) is 11.5 Å². The molecule has 1 rings (SSSR count). The maximum Gasteiger partial charge on any atom is 0.328 e. The minimum atomic E-state index is -1.26. The lowest BCUT2D eigenvalue weighted by Crippen LogP contribution is -2.11. The number of hydrogen-bond acceptors (Lipinski definition) is 6. The van der Waals surface area contributed by atoms with Crippen molar-refractivity contribution in [3.63, 3.8) is 0 Å². The third kappa shape index (κ3) is 13.1. The molecular weight excluding hydrogens is 406 g/mol. The highest BCUT2D eigenvalue weighted by Crippen LogP contribution is 2.36. The van der Waals surface area contributed by atoms with Gasteiger partial charge in [-0.15, -0.1) is 11.8 Å². The minimum absolute atomic E-state index is 0.558. The Morgan fingerprint density at radius 2 is 1.60 bits per heavy atom. The van der Waals surface area contributed by atoms with Crippen LogP contribution in [0, 0.1) is 0 Å². The van der Waals surface area contributed by atoms with Gasteiger partial charge in [-0.25, -0.2) is 9.59 Å². The van der Waals surface area contributed by atoms with Gasteiger partial charge in [0.2, 0.25) is 0 Å². The summed E-state index contributed by atoms with van der Waals surface area (Å²) in [6, 6.07) is 4.25. The van der Waals surface area contributed by atoms with Gasteiger partial charge in [0.1, 0.15) is 11.5 Å². The standard InChI is InChI=1S/C18H31NO2S.C4H4O4/c1-5-6-7-8-9-12-22-18-14-16(20-3)15(10-11-19-2)13-17(18)21-4;5-3(6)1-2-4(7)8/h13-14,19H,5-12H2,1-4H3;1-2H,(H,5,6)(H,7,8). The zero-order valence-corrected chi connectivity index (χ0v) is 19.2. The molecule has 0 heterocycles. The molecule has 0 spiro atoms. The smallest absolute Gasteiger partial charge is 0.328 e. The molecule has 0 unspecified atom stereocenters. The Bertz CT molecular complexity index is 647. The van der Waals surface area contributed by atoms with Crippen molar-refractivity contribution >= 4 is 23.7 Å². The Morgan fingerprint density at radius 1 is 1.00 bits per heavy atom. The Balaban J connectivity index is 0.000000890. The third-order valence-corrected chi connectivity index (χ3v) is 5.21. The van der Waals surface area contributed by atoms with Crippen LogP contribution in [0.5, 0.6) is 11.5 Å². The van der Waals surface area contributed by atoms with E-state index in [2.05, 4.69) is 24.4 Å². The summed E-state index contributed by atoms with van der Waals surface area (Å²) in [6.45, 7) is 3.19. The predicted molar refractivity (Wildman–Crippen MR) is 121 cm³/mol. The van der Waals surface area contributed by atoms with Crippen molar-refractivity contribution in [2.24, 2.45) is 0 Å². The minimum Gasteiger partial charge on any atom is -0.496 e. The molecule has 0 bridgehead atoms. The first kappa shape index (κ1) is 27.8. The first-order valence-electron chi connectivity index (χ1n) is 10.1. The summed E-state index contributed by atoms with van der Waals surface area (Å²) < 4.78 is 11.1. The number of nitrogens with one attached hydrogen (secondary N) is 1. The number of aliphatic carboxylic acids is 2. The fourth-order valence-electron chi connectivity index (χ4n) is 2.53. The number of hydrogen-bond donors (Lipinski definition) is 3. The van der Waals surface area contributed by atoms with Crippen LogP contribution in [0.15, 0.2) is 29.2 Å². The molecule has 0 aliphatic rings. The van der Waals surface area contributed by atoms with Gasteiger partial charge in [0.25, 0.3) is 0 Å². The van der Waals surface area contributed by atoms with Gasteiger partial charge >= 0.3 is 11.9 Å². The summed E-state index contributed by atoms with van der Waals surface area (Å²) in [5, 5.41) is 18.8. The second kappa shape index (κ2) is 17.7. The van der Waals surface area contributed by atoms with Gasteiger partial charge in [-0.2, -0.15) is 0 Å². The van der Waals surface area contributed by atoms with E-state index >= 15 is 0 Å². The van der Waals surface area contributed by atoms with Crippen LogP contribution in [-0.4, -0.2) is 55.7 Å². The Kier molecular flexibility index (Phi) is 16.4. The molecule has 0 saturated heterocycles. The number of thioether (sulfide) groups is 1. The zero-order valence-electron chi connectivity index (χ0n) is 18.4. The monoisotopic (exact) mass is 441 g/mol. The van der Waals surface area contributed by atoms with Crippen LogP contribution in [-0.2, 0) is 16.0 Å². The maximum atomic E-state index is 9.55. The average Bonchev–Trinajstić information content (AvgIpc) is 2.73. The topological polar surface area (TPSA) is 105 Å². The van der Waals surface area contributed by atoms with Gasteiger partial charge in [-0.1, -0.05) is 32.6 Å². The molecule has 30 heavy (non-hydrogen) atoms. The summed E-state index contributed by atoms with van der Waals surface area (Å²) in [5.74, 6) is 0.550. The van der Waals surface area contributed by atoms with Crippen molar-refractivity contribution < 1.29 is 29.3 Å². The quantitative estimate of drug-likeness (QED) is 0.224. The number of methoxy groups -OCH3 is 2. The summed E-state index contributed by atoms with van der Waals surface area (Å²) in [7, 11) is 5.45. The molecule has 0 aliphatic carbocycles. The van der Waals surface area contributed by atoms with Crippen LogP contribution in [0.25, 0.3) is 0 Å². The van der Waals surface area contributed by atoms with Crippen molar-refractivity contribution in [1.82, 2.24) is 5.32 Å². The van der Waals surface area contributed by atoms with Crippen molar-refractivity contribution in [1.29, 1.82) is 0 Å². The van der Waals surface area contributed by atoms with E-state index in [0.717, 1.165) is 30.2 Å². The number of benzene rings is 1. The second-order valence-corrected chi connectivity index (χ2v) is 7.58. The Morgan fingerprint density at radius 3 is 2.10 bits per heavy atom. The second-order valence-electron chi connectivity index (χ2n) is 6.44. The molecule has 0 fully saturated rings. The van der Waals surface area contributed by atoms with Crippen molar-refractivity contribution in [3.05, 3.63) is 29.8 Å². The lowest BCUT2D eigenvalue weighted by atomic mass is 10.1. The van der Waals surface area contributed by atoms with E-state index in [0.29, 0.717) is 12.2 Å². The molecule has 1 aromatic rings. The molecule has 0 atom stereocenters. The van der Waals surface area contributed by atoms with Crippen molar-refractivity contribution in [2.75, 3.05) is 33.6 Å². The van der Waals surface area contributed by atoms with Gasteiger partial charge < -0.3 is 25.0 Å². The van der Waals surface area contributed by atoms with Gasteiger partial charge in [-0.3, -0.25) is 0 Å². The molecule has 8 heteroatoms. The lowest BCUT2D eigenvalue weighted by molar-refractivity contribution is -0.134. The fraction of sp³-hybridized carbons (Fsp3) is 0.545. The van der Waals surface area contributed by atoms with Crippen LogP contribution in [0.4, 0.5) is 0 Å². The number of carboxylic acid groups (broad SMARTS) is 2. The number of carboxylic acids is 2. The van der Waals surface area contributed by atoms with E-state index in [1.54, 1.807) is 14.2 Å². The highest BCUT2D eigenvalue weighted by atomic mass is 32.2. The van der Waals surface area contributed by atoms with Gasteiger partial charge in [-0.05, 0) is 49.9 Å². The highest BCUT2D eigenvalue weighted by Gasteiger charge is 2.11. The highest BCUT2D eigenvalue weighted by molar-refractivity contribution is 7.99. The average molecular weight is 442 g/mol. The van der Waals surface area contributed by atoms with E-state index in [-0.39, 0.29) is 0 Å². The van der Waals surface area contributed by atoms with Crippen LogP contribution >= 0.6 is 11.8 Å². The van der Waals surface area contributed by atoms with Crippen molar-refractivity contribution in [2.45, 2.75) is 50.3 Å². The molecule has 0 aromatic heterocycles. The summed E-state index contributed by atoms with van der Waals surface area (Å²) in [4.78, 5) is 20.3. The third-order valence-electron chi connectivity index (χ3n) is 4.08. The summed E-state index contributed by atoms with van der Waals surface area (Å²) >= 11 is 1.87. The van der Waals surface area contributed by atoms with E-state index in [4.69, 9.17) is 19.7 Å². The lowest BCUT2D eigenvalue weighted by Gasteiger charge is -2.14. The number of ether oxygens (including phenoxy) is 2. The first-order valence-corrected chi connectivity index (χ1v) is 11.0. The summed E-state index contributed by atoms with van der Waals surface area (Å²) in [5.41, 5.74) is 1.20. The predicted octanol–water partition coefficient (Wildman–Crippen LogP) is 4.24. The first-order chi connectivity index (χ1) is 14.4. The normalized spacial score (nSPS) is 10.4. The van der Waals surface area contributed by atoms with Gasteiger partial charge in [0.15, 0.2) is 0 Å². The SMILES string of the molecule is CCCCCCCSc1cc(OC)c(CCNC)cc1OC.O=C(O)C=CC(=O)O. The number of unbranched alkanes of at least 4 members (excludes halogenated alkanes) is 4. The zero-order chi connectivity index (χ0) is 22.8. The van der Waals surface area contributed by atoms with Crippen LogP contribution in [0.3, 0.4) is 0 Å². The van der Waals surface area contributed by atoms with E-state index in [9.17, 15) is 9.59 Å². The van der Waals surface area contributed by atoms with Crippen LogP contribution in [0.2, 0.25) is 0 Å².